The molecule has 0 spiro atoms. The van der Waals surface area contributed by atoms with Gasteiger partial charge in [0.05, 0.1) is 17.2 Å². The van der Waals surface area contributed by atoms with Gasteiger partial charge in [-0.3, -0.25) is 4.79 Å². The highest BCUT2D eigenvalue weighted by molar-refractivity contribution is 7.09. The monoisotopic (exact) mass is 283 g/mol. The number of amides is 1. The van der Waals surface area contributed by atoms with Gasteiger partial charge in [0.2, 0.25) is 5.91 Å². The molecule has 0 fully saturated rings. The SMILES string of the molecule is Cc1nc(CNC(=O)CCC(CCN)C(C)C)cs1. The standard InChI is InChI=1S/C14H25N3OS/c1-10(2)12(6-7-15)4-5-14(18)16-8-13-9-19-11(3)17-13/h9-10,12H,4-8,15H2,1-3H3,(H,16,18). The number of aryl methyl sites for hydroxylation is 1. The molecule has 108 valence electrons. The molecule has 0 aliphatic heterocycles. The lowest BCUT2D eigenvalue weighted by atomic mass is 9.88. The number of thiazole rings is 1. The number of nitrogens with zero attached hydrogens (tertiary/aromatic N) is 1. The smallest absolute Gasteiger partial charge is 0.220 e. The number of nitrogens with two attached hydrogens (primary N) is 1. The molecule has 3 N–H and O–H groups in total. The van der Waals surface area contributed by atoms with Crippen molar-refractivity contribution >= 4 is 17.2 Å². The van der Waals surface area contributed by atoms with Crippen LogP contribution in [0, 0.1) is 18.8 Å². The second-order valence-electron chi connectivity index (χ2n) is 5.25. The highest BCUT2D eigenvalue weighted by Gasteiger charge is 2.14. The number of hydrogen-bond donors (Lipinski definition) is 2. The minimum Gasteiger partial charge on any atom is -0.350 e. The van der Waals surface area contributed by atoms with E-state index >= 15 is 0 Å². The van der Waals surface area contributed by atoms with Crippen LogP contribution in [0.4, 0.5) is 0 Å². The van der Waals surface area contributed by atoms with Crippen molar-refractivity contribution in [3.05, 3.63) is 16.1 Å². The summed E-state index contributed by atoms with van der Waals surface area (Å²) in [6.07, 6.45) is 2.49. The zero-order valence-electron chi connectivity index (χ0n) is 12.1. The van der Waals surface area contributed by atoms with Gasteiger partial charge in [-0.1, -0.05) is 13.8 Å². The first-order valence-electron chi connectivity index (χ1n) is 6.90. The minimum absolute atomic E-state index is 0.105. The highest BCUT2D eigenvalue weighted by atomic mass is 32.1. The van der Waals surface area contributed by atoms with Gasteiger partial charge in [-0.2, -0.15) is 0 Å². The number of carbonyl (C=O) groups excluding carboxylic acids is 1. The molecule has 0 bridgehead atoms. The third kappa shape index (κ3) is 6.16. The van der Waals surface area contributed by atoms with Crippen molar-refractivity contribution in [1.29, 1.82) is 0 Å². The minimum atomic E-state index is 0.105. The van der Waals surface area contributed by atoms with Crippen molar-refractivity contribution in [3.8, 4) is 0 Å². The molecule has 0 aliphatic carbocycles. The Morgan fingerprint density at radius 1 is 1.47 bits per heavy atom. The molecule has 1 unspecified atom stereocenters. The van der Waals surface area contributed by atoms with E-state index < -0.39 is 0 Å². The Balaban J connectivity index is 2.27. The van der Waals surface area contributed by atoms with Gasteiger partial charge in [0.25, 0.3) is 0 Å². The number of carbonyl (C=O) groups is 1. The Bertz CT molecular complexity index is 390. The predicted octanol–water partition coefficient (Wildman–Crippen LogP) is 2.47. The first kappa shape index (κ1) is 16.1. The van der Waals surface area contributed by atoms with Gasteiger partial charge in [-0.25, -0.2) is 4.98 Å². The third-order valence-corrected chi connectivity index (χ3v) is 4.18. The van der Waals surface area contributed by atoms with E-state index in [4.69, 9.17) is 5.73 Å². The maximum Gasteiger partial charge on any atom is 0.220 e. The van der Waals surface area contributed by atoms with E-state index in [1.807, 2.05) is 12.3 Å². The van der Waals surface area contributed by atoms with E-state index in [1.165, 1.54) is 0 Å². The lowest BCUT2D eigenvalue weighted by Crippen LogP contribution is -2.24. The average molecular weight is 283 g/mol. The molecule has 0 aromatic carbocycles. The van der Waals surface area contributed by atoms with E-state index in [1.54, 1.807) is 11.3 Å². The fourth-order valence-electron chi connectivity index (χ4n) is 2.11. The molecular weight excluding hydrogens is 258 g/mol. The summed E-state index contributed by atoms with van der Waals surface area (Å²) in [6.45, 7) is 7.58. The summed E-state index contributed by atoms with van der Waals surface area (Å²) in [5, 5.41) is 5.94. The zero-order chi connectivity index (χ0) is 14.3. The summed E-state index contributed by atoms with van der Waals surface area (Å²) in [4.78, 5) is 16.1. The van der Waals surface area contributed by atoms with Gasteiger partial charge in [-0.05, 0) is 38.1 Å². The summed E-state index contributed by atoms with van der Waals surface area (Å²) >= 11 is 1.61. The molecular formula is C14H25N3OS. The van der Waals surface area contributed by atoms with Crippen molar-refractivity contribution in [2.45, 2.75) is 46.6 Å². The Kier molecular flexibility index (Phi) is 7.02. The van der Waals surface area contributed by atoms with E-state index in [2.05, 4.69) is 24.1 Å². The summed E-state index contributed by atoms with van der Waals surface area (Å²) in [5.74, 6) is 1.23. The summed E-state index contributed by atoms with van der Waals surface area (Å²) in [6, 6.07) is 0. The quantitative estimate of drug-likeness (QED) is 0.770. The molecule has 0 radical (unpaired) electrons. The van der Waals surface area contributed by atoms with Crippen molar-refractivity contribution in [2.75, 3.05) is 6.54 Å². The lowest BCUT2D eigenvalue weighted by molar-refractivity contribution is -0.121. The van der Waals surface area contributed by atoms with Gasteiger partial charge in [-0.15, -0.1) is 11.3 Å². The van der Waals surface area contributed by atoms with Crippen LogP contribution >= 0.6 is 11.3 Å². The van der Waals surface area contributed by atoms with Crippen LogP contribution in [0.3, 0.4) is 0 Å². The molecule has 1 heterocycles. The van der Waals surface area contributed by atoms with Crippen LogP contribution < -0.4 is 11.1 Å². The second-order valence-corrected chi connectivity index (χ2v) is 6.32. The topological polar surface area (TPSA) is 68.0 Å². The van der Waals surface area contributed by atoms with E-state index in [0.717, 1.165) is 23.5 Å². The number of rotatable bonds is 8. The lowest BCUT2D eigenvalue weighted by Gasteiger charge is -2.19. The van der Waals surface area contributed by atoms with Crippen LogP contribution in [0.5, 0.6) is 0 Å². The molecule has 4 nitrogen and oxygen atoms in total. The largest absolute Gasteiger partial charge is 0.350 e. The van der Waals surface area contributed by atoms with Crippen LogP contribution in [0.2, 0.25) is 0 Å². The molecule has 0 saturated carbocycles. The third-order valence-electron chi connectivity index (χ3n) is 3.36. The fraction of sp³-hybridized carbons (Fsp3) is 0.714. The Hall–Kier alpha value is -0.940. The predicted molar refractivity (Wildman–Crippen MR) is 79.9 cm³/mol. The van der Waals surface area contributed by atoms with Gasteiger partial charge >= 0.3 is 0 Å². The van der Waals surface area contributed by atoms with Gasteiger partial charge in [0, 0.05) is 11.8 Å². The maximum atomic E-state index is 11.8. The molecule has 0 saturated heterocycles. The van der Waals surface area contributed by atoms with E-state index in [-0.39, 0.29) is 5.91 Å². The van der Waals surface area contributed by atoms with Crippen molar-refractivity contribution in [2.24, 2.45) is 17.6 Å². The molecule has 19 heavy (non-hydrogen) atoms. The van der Waals surface area contributed by atoms with Gasteiger partial charge in [0.15, 0.2) is 0 Å². The van der Waals surface area contributed by atoms with E-state index in [9.17, 15) is 4.79 Å². The van der Waals surface area contributed by atoms with Crippen molar-refractivity contribution < 1.29 is 4.79 Å². The number of hydrogen-bond acceptors (Lipinski definition) is 4. The molecule has 1 atom stereocenters. The Labute approximate surface area is 119 Å². The molecule has 5 heteroatoms. The zero-order valence-corrected chi connectivity index (χ0v) is 12.9. The highest BCUT2D eigenvalue weighted by Crippen LogP contribution is 2.20. The summed E-state index contributed by atoms with van der Waals surface area (Å²) < 4.78 is 0. The van der Waals surface area contributed by atoms with Gasteiger partial charge in [0.1, 0.15) is 0 Å². The fourth-order valence-corrected chi connectivity index (χ4v) is 2.72. The van der Waals surface area contributed by atoms with Crippen LogP contribution in [-0.4, -0.2) is 17.4 Å². The van der Waals surface area contributed by atoms with Gasteiger partial charge < -0.3 is 11.1 Å². The van der Waals surface area contributed by atoms with E-state index in [0.29, 0.717) is 31.3 Å². The summed E-state index contributed by atoms with van der Waals surface area (Å²) in [5.41, 5.74) is 6.55. The van der Waals surface area contributed by atoms with Crippen LogP contribution in [0.1, 0.15) is 43.8 Å². The molecule has 1 amide bonds. The molecule has 0 aliphatic rings. The number of aromatic nitrogens is 1. The Morgan fingerprint density at radius 2 is 2.21 bits per heavy atom. The van der Waals surface area contributed by atoms with Crippen molar-refractivity contribution in [1.82, 2.24) is 10.3 Å². The molecule has 1 aromatic rings. The van der Waals surface area contributed by atoms with Crippen LogP contribution in [0.25, 0.3) is 0 Å². The second kappa shape index (κ2) is 8.27. The number of nitrogens with one attached hydrogen (secondary N) is 1. The van der Waals surface area contributed by atoms with Crippen LogP contribution in [0.15, 0.2) is 5.38 Å². The average Bonchev–Trinajstić information content (AvgIpc) is 2.77. The summed E-state index contributed by atoms with van der Waals surface area (Å²) in [7, 11) is 0. The first-order valence-corrected chi connectivity index (χ1v) is 7.78. The molecule has 1 rings (SSSR count). The van der Waals surface area contributed by atoms with Crippen molar-refractivity contribution in [3.63, 3.8) is 0 Å². The Morgan fingerprint density at radius 3 is 2.74 bits per heavy atom. The normalized spacial score (nSPS) is 12.7. The van der Waals surface area contributed by atoms with Crippen LogP contribution in [-0.2, 0) is 11.3 Å². The maximum absolute atomic E-state index is 11.8. The first-order chi connectivity index (χ1) is 9.02. The molecule has 1 aromatic heterocycles.